The summed E-state index contributed by atoms with van der Waals surface area (Å²) in [6.45, 7) is 10.5. The number of carbonyl (C=O) groups excluding carboxylic acids is 7. The van der Waals surface area contributed by atoms with Crippen molar-refractivity contribution >= 4 is 70.3 Å². The maximum Gasteiger partial charge on any atom is 0.330 e. The van der Waals surface area contributed by atoms with E-state index in [1.54, 1.807) is 6.92 Å². The number of hydrogen-bond donors (Lipinski definition) is 17. The minimum atomic E-state index is -3.02. The summed E-state index contributed by atoms with van der Waals surface area (Å²) in [7, 11) is 0. The van der Waals surface area contributed by atoms with Crippen molar-refractivity contribution in [3.8, 4) is 45.6 Å². The Kier molecular flexibility index (Phi) is 24.0. The number of hydrogen-bond acceptors (Lipinski definition) is 27. The second-order valence-electron chi connectivity index (χ2n) is 30.8. The third kappa shape index (κ3) is 16.6. The molecule has 8 heterocycles. The van der Waals surface area contributed by atoms with Gasteiger partial charge in [-0.25, -0.2) is 4.79 Å². The Hall–Kier alpha value is -8.56. The number of Topliss-reactive ketones (excluding diaryl/α,β-unsaturated/α-hetero) is 2. The maximum atomic E-state index is 16.6. The number of carboxylic acid groups (broad SMARTS) is 1. The molecule has 9 aliphatic rings. The molecule has 604 valence electrons. The highest BCUT2D eigenvalue weighted by atomic mass is 35.5. The predicted molar refractivity (Wildman–Crippen MR) is 391 cm³/mol. The number of ketones is 2. The Balaban J connectivity index is 1.12. The molecule has 11 bridgehead atoms. The summed E-state index contributed by atoms with van der Waals surface area (Å²) in [5.41, 5.74) is 13.8. The maximum absolute atomic E-state index is 16.6. The number of aromatic hydroxyl groups is 1. The molecule has 0 aromatic heterocycles. The minimum absolute atomic E-state index is 0.0258. The van der Waals surface area contributed by atoms with Gasteiger partial charge in [-0.15, -0.1) is 0 Å². The molecular formula is C77H91Cl2N7O26. The fraction of sp³-hybridized carbons (Fsp3) is 0.506. The van der Waals surface area contributed by atoms with Crippen molar-refractivity contribution in [3.05, 3.63) is 128 Å². The quantitative estimate of drug-likeness (QED) is 0.0670. The Bertz CT molecular complexity index is 4530. The minimum Gasteiger partial charge on any atom is -0.508 e. The lowest BCUT2D eigenvalue weighted by Crippen LogP contribution is -2.64. The largest absolute Gasteiger partial charge is 0.508 e. The van der Waals surface area contributed by atoms with Crippen molar-refractivity contribution in [2.45, 2.75) is 220 Å². The average molecular weight is 1600 g/mol. The number of aliphatic carboxylic acids is 1. The lowest BCUT2D eigenvalue weighted by atomic mass is 9.85. The van der Waals surface area contributed by atoms with Gasteiger partial charge in [0.25, 0.3) is 0 Å². The first-order valence-electron chi connectivity index (χ1n) is 36.6. The molecule has 0 radical (unpaired) electrons. The molecule has 5 aromatic carbocycles. The normalized spacial score (nSPS) is 32.8. The Morgan fingerprint density at radius 2 is 1.29 bits per heavy atom. The summed E-state index contributed by atoms with van der Waals surface area (Å²) in [5.74, 6) is -20.3. The zero-order chi connectivity index (χ0) is 81.4. The number of amides is 5. The molecule has 22 atom stereocenters. The van der Waals surface area contributed by atoms with Gasteiger partial charge < -0.3 is 127 Å². The van der Waals surface area contributed by atoms with E-state index >= 15 is 24.0 Å². The SMILES string of the molecule is CCC(CC(C)C)C(=O)NC1C(=O)CC(CC(N)=O)C(=O)NC2C(=O)CC3C(=O)NC(C(=O)NC(C(=O)O)c4cc(O)cc5c4-c4cc3ccc4C5(O)O)C(OC3CC(C)(N)C(O)C(C)O3)c3ccc(c(Cl)c3)Oc3cc2cc(c3OC2OC(CO)C(O)C(O)C2OC2CC(C)(N)C(O)C(C)O2)Oc2ccc(cc2Cl)C1O. The number of phenolic OH excluding ortho intramolecular Hbond substituents is 1. The number of fused-ring (bicyclic) bond motifs is 12. The molecular weight excluding hydrogens is 1510 g/mol. The number of aliphatic hydroxyl groups excluding tert-OH is 6. The first-order chi connectivity index (χ1) is 52.7. The third-order valence-electron chi connectivity index (χ3n) is 21.8. The zero-order valence-corrected chi connectivity index (χ0v) is 63.3. The van der Waals surface area contributed by atoms with Gasteiger partial charge in [-0.05, 0) is 140 Å². The van der Waals surface area contributed by atoms with Crippen LogP contribution in [0.25, 0.3) is 11.1 Å². The van der Waals surface area contributed by atoms with Gasteiger partial charge in [-0.3, -0.25) is 33.6 Å². The summed E-state index contributed by atoms with van der Waals surface area (Å²) >= 11 is 14.6. The van der Waals surface area contributed by atoms with Crippen LogP contribution in [0.1, 0.15) is 163 Å². The molecule has 5 amide bonds. The number of rotatable bonds is 15. The number of phenols is 1. The summed E-state index contributed by atoms with van der Waals surface area (Å²) in [6.07, 6.45) is -23.9. The fourth-order valence-corrected chi connectivity index (χ4v) is 16.2. The van der Waals surface area contributed by atoms with Crippen molar-refractivity contribution < 1.29 is 127 Å². The van der Waals surface area contributed by atoms with Crippen molar-refractivity contribution in [1.29, 1.82) is 0 Å². The predicted octanol–water partition coefficient (Wildman–Crippen LogP) is 2.85. The van der Waals surface area contributed by atoms with E-state index in [0.29, 0.717) is 6.42 Å². The number of carbonyl (C=O) groups is 8. The van der Waals surface area contributed by atoms with Gasteiger partial charge in [0.2, 0.25) is 47.4 Å². The van der Waals surface area contributed by atoms with Crippen LogP contribution in [0, 0.1) is 17.8 Å². The van der Waals surface area contributed by atoms with Crippen molar-refractivity contribution in [3.63, 3.8) is 0 Å². The number of ether oxygens (including phenoxy) is 8. The molecule has 14 rings (SSSR count). The van der Waals surface area contributed by atoms with E-state index in [1.807, 2.05) is 13.8 Å². The average Bonchev–Trinajstić information content (AvgIpc) is 1.55. The van der Waals surface area contributed by atoms with Gasteiger partial charge in [0.05, 0.1) is 52.9 Å². The molecule has 112 heavy (non-hydrogen) atoms. The van der Waals surface area contributed by atoms with Crippen molar-refractivity contribution in [2.75, 3.05) is 6.61 Å². The molecule has 33 nitrogen and oxygen atoms in total. The van der Waals surface area contributed by atoms with Crippen LogP contribution in [0.5, 0.6) is 34.5 Å². The molecule has 0 spiro atoms. The fourth-order valence-electron chi connectivity index (χ4n) is 15.8. The highest BCUT2D eigenvalue weighted by Crippen LogP contribution is 2.54. The Morgan fingerprint density at radius 3 is 1.87 bits per heavy atom. The van der Waals surface area contributed by atoms with Gasteiger partial charge >= 0.3 is 5.97 Å². The number of halogens is 2. The molecule has 8 aliphatic heterocycles. The van der Waals surface area contributed by atoms with Crippen LogP contribution in [-0.2, 0) is 67.8 Å². The van der Waals surface area contributed by atoms with E-state index in [0.717, 1.165) is 30.3 Å². The van der Waals surface area contributed by atoms with Crippen molar-refractivity contribution in [1.82, 2.24) is 21.3 Å². The molecule has 3 saturated heterocycles. The lowest BCUT2D eigenvalue weighted by Gasteiger charge is -2.47. The highest BCUT2D eigenvalue weighted by molar-refractivity contribution is 6.32. The second kappa shape index (κ2) is 32.4. The number of nitrogens with two attached hydrogens (primary N) is 3. The van der Waals surface area contributed by atoms with Gasteiger partial charge in [-0.2, -0.15) is 0 Å². The third-order valence-corrected chi connectivity index (χ3v) is 22.4. The summed E-state index contributed by atoms with van der Waals surface area (Å²) in [6, 6.07) is 6.68. The van der Waals surface area contributed by atoms with Crippen LogP contribution in [0.15, 0.2) is 78.9 Å². The van der Waals surface area contributed by atoms with Crippen molar-refractivity contribution in [2.24, 2.45) is 35.0 Å². The smallest absolute Gasteiger partial charge is 0.330 e. The number of primary amides is 1. The van der Waals surface area contributed by atoms with Crippen LogP contribution in [0.3, 0.4) is 0 Å². The second-order valence-corrected chi connectivity index (χ2v) is 31.6. The number of benzene rings is 5. The van der Waals surface area contributed by atoms with E-state index in [4.69, 9.17) is 78.3 Å². The monoisotopic (exact) mass is 1600 g/mol. The molecule has 0 saturated carbocycles. The summed E-state index contributed by atoms with van der Waals surface area (Å²) < 4.78 is 52.0. The first-order valence-corrected chi connectivity index (χ1v) is 37.3. The Labute approximate surface area is 651 Å². The number of aliphatic hydroxyl groups is 8. The van der Waals surface area contributed by atoms with E-state index < -0.39 is 251 Å². The van der Waals surface area contributed by atoms with E-state index in [9.17, 15) is 65.4 Å². The van der Waals surface area contributed by atoms with E-state index in [-0.39, 0.29) is 80.6 Å². The van der Waals surface area contributed by atoms with Crippen LogP contribution in [-0.4, -0.2) is 196 Å². The van der Waals surface area contributed by atoms with Crippen LogP contribution < -0.4 is 52.7 Å². The lowest BCUT2D eigenvalue weighted by molar-refractivity contribution is -0.333. The zero-order valence-electron chi connectivity index (χ0n) is 61.8. The summed E-state index contributed by atoms with van der Waals surface area (Å²) in [5, 5.41) is 125. The molecule has 1 aliphatic carbocycles. The number of nitrogens with one attached hydrogen (secondary N) is 4. The summed E-state index contributed by atoms with van der Waals surface area (Å²) in [4.78, 5) is 121. The standard InChI is InChI=1S/C77H91Cl2N7O26/c1-8-32(15-29(2)3)69(97)85-59-46(89)19-37(22-53(80)91)70(98)83-57-36-20-50(107-48-13-10-34(61(59)92)17-44(48)78)65(112-74-66(63(94)62(93)52(28-87)109-74)111-55-27-76(7,82)68(96)31(5)106-55)51(21-36)108-49-14-11-35(18-45(49)79)64(110-54-26-75(6,81)67(95)30(4)105-54)60-72(100)84-58(73(101)102)41-23-38(88)24-43-56(41)40-16-33(9-12-42(40)77(43,103)104)39(25-47(57)90)71(99)86-60/h9-14,16-18,20-21,23-24,29-32,37,39,52,54-55,57-64,66-68,74,87-88,92-96,103-104H,8,15,19,22,25-28,81-82H2,1-7H3,(H2,80,91)(H,83,98)(H,84,100)(H,85,97)(H,86,99)(H,101,102). The topological polar surface area (TPSA) is 539 Å². The highest BCUT2D eigenvalue weighted by Gasteiger charge is 2.53. The van der Waals surface area contributed by atoms with Crippen LogP contribution in [0.2, 0.25) is 10.0 Å². The van der Waals surface area contributed by atoms with Crippen LogP contribution in [0.4, 0.5) is 0 Å². The Morgan fingerprint density at radius 1 is 0.696 bits per heavy atom. The van der Waals surface area contributed by atoms with Gasteiger partial charge in [0, 0.05) is 60.2 Å². The van der Waals surface area contributed by atoms with Gasteiger partial charge in [-0.1, -0.05) is 68.2 Å². The van der Waals surface area contributed by atoms with E-state index in [1.165, 1.54) is 76.2 Å². The molecule has 35 heteroatoms. The molecule has 20 N–H and O–H groups in total. The molecule has 3 fully saturated rings. The van der Waals surface area contributed by atoms with E-state index in [2.05, 4.69) is 21.3 Å². The number of carboxylic acids is 1. The van der Waals surface area contributed by atoms with Gasteiger partial charge in [0.1, 0.15) is 65.9 Å². The first kappa shape index (κ1) is 82.9. The molecule has 22 unspecified atom stereocenters. The van der Waals surface area contributed by atoms with Gasteiger partial charge in [0.15, 0.2) is 47.8 Å². The van der Waals surface area contributed by atoms with Crippen LogP contribution >= 0.6 is 23.2 Å². The molecule has 5 aromatic rings.